The molecule has 7 heteroatoms. The van der Waals surface area contributed by atoms with Crippen molar-refractivity contribution >= 4 is 18.3 Å². The van der Waals surface area contributed by atoms with Gasteiger partial charge in [-0.05, 0) is 30.6 Å². The SMILES string of the molecule is CC[C@@]12CC=C[C@H]1[C@@](CC(=O)O)(CN(C=O)O[C@H](C)OC(=O)C(C)C)C2. The lowest BCUT2D eigenvalue weighted by Crippen LogP contribution is -2.59. The van der Waals surface area contributed by atoms with E-state index in [2.05, 4.69) is 19.1 Å². The van der Waals surface area contributed by atoms with Crippen LogP contribution in [0.1, 0.15) is 53.4 Å². The molecule has 26 heavy (non-hydrogen) atoms. The van der Waals surface area contributed by atoms with Gasteiger partial charge in [0.1, 0.15) is 0 Å². The van der Waals surface area contributed by atoms with E-state index in [1.807, 2.05) is 0 Å². The average Bonchev–Trinajstić information content (AvgIpc) is 2.91. The Bertz CT molecular complexity index is 589. The topological polar surface area (TPSA) is 93.1 Å². The second-order valence-corrected chi connectivity index (χ2v) is 7.88. The summed E-state index contributed by atoms with van der Waals surface area (Å²) in [7, 11) is 0. The van der Waals surface area contributed by atoms with Crippen molar-refractivity contribution < 1.29 is 29.1 Å². The number of hydrogen-bond acceptors (Lipinski definition) is 5. The highest BCUT2D eigenvalue weighted by Crippen LogP contribution is 2.67. The monoisotopic (exact) mass is 367 g/mol. The normalized spacial score (nSPS) is 30.4. The molecular weight excluding hydrogens is 338 g/mol. The second kappa shape index (κ2) is 7.78. The first-order chi connectivity index (χ1) is 12.2. The van der Waals surface area contributed by atoms with Gasteiger partial charge in [0.15, 0.2) is 0 Å². The molecule has 0 heterocycles. The number of amides is 1. The molecule has 7 nitrogen and oxygen atoms in total. The molecular formula is C19H29NO6. The zero-order chi connectivity index (χ0) is 19.5. The maximum atomic E-state index is 11.7. The number of carboxylic acid groups (broad SMARTS) is 1. The molecule has 1 fully saturated rings. The van der Waals surface area contributed by atoms with E-state index in [-0.39, 0.29) is 30.2 Å². The molecule has 0 radical (unpaired) electrons. The van der Waals surface area contributed by atoms with Crippen LogP contribution in [0, 0.1) is 22.7 Å². The zero-order valence-corrected chi connectivity index (χ0v) is 15.9. The number of carboxylic acids is 1. The minimum absolute atomic E-state index is 0.0301. The molecule has 146 valence electrons. The lowest BCUT2D eigenvalue weighted by Gasteiger charge is -2.60. The Labute approximate surface area is 154 Å². The fourth-order valence-electron chi connectivity index (χ4n) is 4.58. The molecule has 1 N–H and O–H groups in total. The Hall–Kier alpha value is -1.89. The summed E-state index contributed by atoms with van der Waals surface area (Å²) in [6.45, 7) is 7.22. The van der Waals surface area contributed by atoms with Gasteiger partial charge in [-0.2, -0.15) is 0 Å². The van der Waals surface area contributed by atoms with Crippen LogP contribution in [0.5, 0.6) is 0 Å². The van der Waals surface area contributed by atoms with Crippen molar-refractivity contribution in [2.75, 3.05) is 6.54 Å². The van der Waals surface area contributed by atoms with Crippen molar-refractivity contribution in [1.82, 2.24) is 5.06 Å². The largest absolute Gasteiger partial charge is 0.481 e. The summed E-state index contributed by atoms with van der Waals surface area (Å²) < 4.78 is 5.13. The van der Waals surface area contributed by atoms with Crippen molar-refractivity contribution in [2.24, 2.45) is 22.7 Å². The molecule has 0 aliphatic heterocycles. The number of fused-ring (bicyclic) bond motifs is 1. The first-order valence-corrected chi connectivity index (χ1v) is 9.16. The molecule has 4 atom stereocenters. The Morgan fingerprint density at radius 1 is 1.38 bits per heavy atom. The number of hydroxylamine groups is 2. The highest BCUT2D eigenvalue weighted by atomic mass is 16.8. The van der Waals surface area contributed by atoms with Crippen molar-refractivity contribution in [3.8, 4) is 0 Å². The van der Waals surface area contributed by atoms with Crippen LogP contribution >= 0.6 is 0 Å². The summed E-state index contributed by atoms with van der Waals surface area (Å²) in [4.78, 5) is 40.1. The van der Waals surface area contributed by atoms with E-state index in [1.54, 1.807) is 13.8 Å². The summed E-state index contributed by atoms with van der Waals surface area (Å²) in [5, 5.41) is 10.5. The van der Waals surface area contributed by atoms with Gasteiger partial charge in [-0.3, -0.25) is 14.4 Å². The lowest BCUT2D eigenvalue weighted by molar-refractivity contribution is -0.271. The van der Waals surface area contributed by atoms with Gasteiger partial charge in [0, 0.05) is 12.3 Å². The van der Waals surface area contributed by atoms with Crippen LogP contribution in [0.25, 0.3) is 0 Å². The number of carbonyl (C=O) groups is 3. The van der Waals surface area contributed by atoms with Crippen molar-refractivity contribution in [3.63, 3.8) is 0 Å². The van der Waals surface area contributed by atoms with Crippen LogP contribution in [0.2, 0.25) is 0 Å². The van der Waals surface area contributed by atoms with E-state index in [1.165, 1.54) is 6.92 Å². The third kappa shape index (κ3) is 3.92. The molecule has 2 rings (SSSR count). The van der Waals surface area contributed by atoms with Gasteiger partial charge >= 0.3 is 11.9 Å². The molecule has 0 saturated heterocycles. The second-order valence-electron chi connectivity index (χ2n) is 7.88. The Kier molecular flexibility index (Phi) is 6.11. The molecule has 0 aromatic heterocycles. The molecule has 2 aliphatic rings. The summed E-state index contributed by atoms with van der Waals surface area (Å²) in [6.07, 6.45) is 6.40. The number of aliphatic carboxylic acids is 1. The summed E-state index contributed by atoms with van der Waals surface area (Å²) in [6, 6.07) is 0. The molecule has 0 aromatic rings. The summed E-state index contributed by atoms with van der Waals surface area (Å²) in [5.41, 5.74) is -0.461. The maximum absolute atomic E-state index is 11.7. The number of hydrogen-bond donors (Lipinski definition) is 1. The van der Waals surface area contributed by atoms with Crippen LogP contribution in [0.3, 0.4) is 0 Å². The molecule has 0 aromatic carbocycles. The van der Waals surface area contributed by atoms with Gasteiger partial charge in [-0.25, -0.2) is 9.90 Å². The van der Waals surface area contributed by atoms with Crippen molar-refractivity contribution in [2.45, 2.75) is 59.7 Å². The van der Waals surface area contributed by atoms with Gasteiger partial charge in [0.2, 0.25) is 12.7 Å². The molecule has 0 unspecified atom stereocenters. The van der Waals surface area contributed by atoms with E-state index in [4.69, 9.17) is 9.57 Å². The number of ether oxygens (including phenoxy) is 1. The first-order valence-electron chi connectivity index (χ1n) is 9.16. The Balaban J connectivity index is 2.07. The van der Waals surface area contributed by atoms with Gasteiger partial charge < -0.3 is 9.84 Å². The van der Waals surface area contributed by atoms with E-state index in [0.29, 0.717) is 6.41 Å². The van der Waals surface area contributed by atoms with Crippen LogP contribution in [0.15, 0.2) is 12.2 Å². The number of esters is 1. The highest BCUT2D eigenvalue weighted by molar-refractivity contribution is 5.71. The predicted molar refractivity (Wildman–Crippen MR) is 93.5 cm³/mol. The van der Waals surface area contributed by atoms with Crippen LogP contribution < -0.4 is 0 Å². The van der Waals surface area contributed by atoms with Crippen LogP contribution in [-0.4, -0.2) is 41.4 Å². The van der Waals surface area contributed by atoms with E-state index in [9.17, 15) is 19.5 Å². The smallest absolute Gasteiger partial charge is 0.310 e. The standard InChI is InChI=1S/C19H29NO6/c1-5-18-8-6-7-15(18)19(10-18,9-16(22)23)11-20(12-21)26-14(4)25-17(24)13(2)3/h6-7,12-15H,5,8-11H2,1-4H3,(H,22,23)/t14-,15-,18+,19-/m1/s1. The minimum Gasteiger partial charge on any atom is -0.481 e. The zero-order valence-electron chi connectivity index (χ0n) is 15.9. The first kappa shape index (κ1) is 20.4. The Morgan fingerprint density at radius 2 is 2.08 bits per heavy atom. The van der Waals surface area contributed by atoms with Gasteiger partial charge in [-0.15, -0.1) is 0 Å². The van der Waals surface area contributed by atoms with Gasteiger partial charge in [-0.1, -0.05) is 32.9 Å². The molecule has 1 saturated carbocycles. The Morgan fingerprint density at radius 3 is 2.62 bits per heavy atom. The summed E-state index contributed by atoms with van der Waals surface area (Å²) in [5.74, 6) is -1.50. The number of carbonyl (C=O) groups excluding carboxylic acids is 2. The number of allylic oxidation sites excluding steroid dienone is 2. The fourth-order valence-corrected chi connectivity index (χ4v) is 4.58. The minimum atomic E-state index is -0.924. The van der Waals surface area contributed by atoms with Crippen molar-refractivity contribution in [3.05, 3.63) is 12.2 Å². The quantitative estimate of drug-likeness (QED) is 0.210. The number of nitrogens with zero attached hydrogens (tertiary/aromatic N) is 1. The van der Waals surface area contributed by atoms with Gasteiger partial charge in [0.25, 0.3) is 0 Å². The lowest BCUT2D eigenvalue weighted by atomic mass is 9.44. The number of rotatable bonds is 10. The molecule has 0 spiro atoms. The van der Waals surface area contributed by atoms with E-state index in [0.717, 1.165) is 24.3 Å². The van der Waals surface area contributed by atoms with Crippen molar-refractivity contribution in [1.29, 1.82) is 0 Å². The molecule has 1 amide bonds. The van der Waals surface area contributed by atoms with E-state index < -0.39 is 23.6 Å². The van der Waals surface area contributed by atoms with E-state index >= 15 is 0 Å². The van der Waals surface area contributed by atoms with Crippen LogP contribution in [0.4, 0.5) is 0 Å². The van der Waals surface area contributed by atoms with Gasteiger partial charge in [0.05, 0.1) is 18.9 Å². The van der Waals surface area contributed by atoms with Crippen LogP contribution in [-0.2, 0) is 24.0 Å². The maximum Gasteiger partial charge on any atom is 0.310 e. The average molecular weight is 367 g/mol. The third-order valence-electron chi connectivity index (χ3n) is 5.71. The summed E-state index contributed by atoms with van der Waals surface area (Å²) >= 11 is 0. The highest BCUT2D eigenvalue weighted by Gasteiger charge is 2.63. The third-order valence-corrected chi connectivity index (χ3v) is 5.71. The predicted octanol–water partition coefficient (Wildman–Crippen LogP) is 2.76. The molecule has 2 aliphatic carbocycles. The molecule has 0 bridgehead atoms. The fraction of sp³-hybridized carbons (Fsp3) is 0.737.